The largest absolute Gasteiger partial charge is 0.425 e. The molecule has 1 saturated heterocycles. The first-order valence-corrected chi connectivity index (χ1v) is 10.9. The molecule has 3 rings (SSSR count). The Bertz CT molecular complexity index is 1020. The summed E-state index contributed by atoms with van der Waals surface area (Å²) in [5.74, 6) is 0.418. The molecule has 1 aliphatic rings. The number of rotatable bonds is 4. The highest BCUT2D eigenvalue weighted by atomic mass is 32.2. The Morgan fingerprint density at radius 3 is 2.59 bits per heavy atom. The van der Waals surface area contributed by atoms with Gasteiger partial charge >= 0.3 is 16.2 Å². The predicted molar refractivity (Wildman–Crippen MR) is 106 cm³/mol. The van der Waals surface area contributed by atoms with E-state index in [0.717, 1.165) is 6.26 Å². The second kappa shape index (κ2) is 8.56. The number of amides is 1. The highest BCUT2D eigenvalue weighted by molar-refractivity contribution is 7.86. The summed E-state index contributed by atoms with van der Waals surface area (Å²) in [5, 5.41) is 0. The van der Waals surface area contributed by atoms with Gasteiger partial charge in [-0.1, -0.05) is 6.07 Å². The van der Waals surface area contributed by atoms with E-state index < -0.39 is 16.2 Å². The summed E-state index contributed by atoms with van der Waals surface area (Å²) in [6.45, 7) is 3.49. The zero-order chi connectivity index (χ0) is 21.0. The van der Waals surface area contributed by atoms with Crippen molar-refractivity contribution in [2.24, 2.45) is 0 Å². The summed E-state index contributed by atoms with van der Waals surface area (Å²) < 4.78 is 26.8. The van der Waals surface area contributed by atoms with E-state index in [1.165, 1.54) is 4.90 Å². The van der Waals surface area contributed by atoms with Gasteiger partial charge in [-0.15, -0.1) is 0 Å². The fraction of sp³-hybridized carbons (Fsp3) is 0.368. The van der Waals surface area contributed by atoms with Crippen LogP contribution in [-0.2, 0) is 14.3 Å². The van der Waals surface area contributed by atoms with Gasteiger partial charge < -0.3 is 14.0 Å². The molecule has 1 aliphatic heterocycles. The third kappa shape index (κ3) is 5.29. The maximum absolute atomic E-state index is 12.8. The fourth-order valence-corrected chi connectivity index (χ4v) is 3.46. The minimum absolute atomic E-state index is 0.203. The van der Waals surface area contributed by atoms with Crippen LogP contribution in [0.2, 0.25) is 0 Å². The van der Waals surface area contributed by atoms with Crippen molar-refractivity contribution in [2.75, 3.05) is 37.3 Å². The minimum Gasteiger partial charge on any atom is -0.355 e. The Labute approximate surface area is 169 Å². The van der Waals surface area contributed by atoms with Crippen molar-refractivity contribution in [3.63, 3.8) is 0 Å². The first-order chi connectivity index (χ1) is 13.7. The number of nitrogens with zero attached hydrogens (tertiary/aromatic N) is 4. The lowest BCUT2D eigenvalue weighted by Gasteiger charge is -2.22. The average Bonchev–Trinajstić information content (AvgIpc) is 2.93. The van der Waals surface area contributed by atoms with Gasteiger partial charge in [0.1, 0.15) is 11.5 Å². The molecule has 29 heavy (non-hydrogen) atoms. The second-order valence-corrected chi connectivity index (χ2v) is 8.30. The summed E-state index contributed by atoms with van der Waals surface area (Å²) in [7, 11) is -3.86. The summed E-state index contributed by atoms with van der Waals surface area (Å²) >= 11 is 0. The Balaban J connectivity index is 1.73. The Hall–Kier alpha value is -3.01. The summed E-state index contributed by atoms with van der Waals surface area (Å²) in [4.78, 5) is 36.7. The van der Waals surface area contributed by atoms with E-state index in [-0.39, 0.29) is 12.3 Å². The smallest absolute Gasteiger partial charge is 0.355 e. The number of carbonyl (C=O) groups excluding carboxylic acids is 2. The molecule has 0 aliphatic carbocycles. The van der Waals surface area contributed by atoms with Crippen molar-refractivity contribution < 1.29 is 22.2 Å². The van der Waals surface area contributed by atoms with E-state index in [4.69, 9.17) is 0 Å². The molecule has 3 heterocycles. The summed E-state index contributed by atoms with van der Waals surface area (Å²) in [6.07, 6.45) is 2.21. The van der Waals surface area contributed by atoms with Crippen LogP contribution >= 0.6 is 0 Å². The molecule has 0 radical (unpaired) electrons. The molecule has 0 bridgehead atoms. The molecule has 0 N–H and O–H groups in total. The number of aromatic nitrogens is 2. The number of hydrogen-bond donors (Lipinski definition) is 0. The number of pyridine rings is 2. The molecule has 1 fully saturated rings. The molecule has 0 unspecified atom stereocenters. The maximum Gasteiger partial charge on any atom is 0.425 e. The van der Waals surface area contributed by atoms with Crippen LogP contribution in [0, 0.1) is 6.92 Å². The summed E-state index contributed by atoms with van der Waals surface area (Å²) in [5.41, 5.74) is 1.46. The Morgan fingerprint density at radius 1 is 1.07 bits per heavy atom. The average molecular weight is 418 g/mol. The van der Waals surface area contributed by atoms with Gasteiger partial charge in [0.25, 0.3) is 0 Å². The predicted octanol–water partition coefficient (Wildman–Crippen LogP) is 1.62. The van der Waals surface area contributed by atoms with Gasteiger partial charge in [0.15, 0.2) is 0 Å². The number of carbonyl (C=O) groups is 2. The Morgan fingerprint density at radius 2 is 1.86 bits per heavy atom. The van der Waals surface area contributed by atoms with Crippen molar-refractivity contribution in [3.05, 3.63) is 53.5 Å². The number of hydrogen-bond acceptors (Lipinski definition) is 8. The molecule has 0 aromatic carbocycles. The number of ketones is 1. The van der Waals surface area contributed by atoms with Crippen molar-refractivity contribution in [1.29, 1.82) is 0 Å². The maximum atomic E-state index is 12.8. The highest BCUT2D eigenvalue weighted by Crippen LogP contribution is 2.18. The third-order valence-electron chi connectivity index (χ3n) is 4.52. The van der Waals surface area contributed by atoms with Crippen LogP contribution in [0.25, 0.3) is 0 Å². The molecule has 10 heteroatoms. The molecule has 154 valence electrons. The van der Waals surface area contributed by atoms with E-state index in [2.05, 4.69) is 14.2 Å². The van der Waals surface area contributed by atoms with Gasteiger partial charge in [-0.05, 0) is 37.6 Å². The van der Waals surface area contributed by atoms with Gasteiger partial charge in [-0.25, -0.2) is 9.78 Å². The lowest BCUT2D eigenvalue weighted by molar-refractivity contribution is 0.103. The van der Waals surface area contributed by atoms with Crippen molar-refractivity contribution in [2.45, 2.75) is 13.3 Å². The van der Waals surface area contributed by atoms with Gasteiger partial charge in [0.05, 0.1) is 6.26 Å². The first-order valence-electron chi connectivity index (χ1n) is 9.11. The van der Waals surface area contributed by atoms with Gasteiger partial charge in [-0.2, -0.15) is 8.42 Å². The molecule has 0 atom stereocenters. The monoisotopic (exact) mass is 418 g/mol. The Kier molecular flexibility index (Phi) is 6.12. The van der Waals surface area contributed by atoms with Crippen LogP contribution in [0.1, 0.15) is 28.2 Å². The molecule has 0 saturated carbocycles. The van der Waals surface area contributed by atoms with Gasteiger partial charge in [-0.3, -0.25) is 9.78 Å². The molecule has 0 spiro atoms. The standard InChI is InChI=1S/C19H22N4O5S/c1-14-15(6-4-9-20-14)18(24)16-7-3-8-17(21-16)22-10-5-11-23(13-12-22)19(25)28-29(2,26)27/h3-4,6-9H,5,10-13H2,1-2H3. The number of aryl methyl sites for hydroxylation is 1. The SMILES string of the molecule is Cc1ncccc1C(=O)c1cccc(N2CCCN(C(=O)OS(C)(=O)=O)CC2)n1. The van der Waals surface area contributed by atoms with Crippen LogP contribution in [0.5, 0.6) is 0 Å². The van der Waals surface area contributed by atoms with E-state index in [1.54, 1.807) is 43.5 Å². The van der Waals surface area contributed by atoms with Crippen molar-refractivity contribution in [1.82, 2.24) is 14.9 Å². The van der Waals surface area contributed by atoms with Crippen LogP contribution in [0.4, 0.5) is 10.6 Å². The van der Waals surface area contributed by atoms with E-state index in [9.17, 15) is 18.0 Å². The zero-order valence-electron chi connectivity index (χ0n) is 16.2. The van der Waals surface area contributed by atoms with E-state index >= 15 is 0 Å². The molecule has 9 nitrogen and oxygen atoms in total. The topological polar surface area (TPSA) is 110 Å². The molecule has 2 aromatic rings. The van der Waals surface area contributed by atoms with E-state index in [1.807, 2.05) is 4.90 Å². The third-order valence-corrected chi connectivity index (χ3v) is 4.96. The molecular weight excluding hydrogens is 396 g/mol. The first kappa shape index (κ1) is 20.7. The van der Waals surface area contributed by atoms with Gasteiger partial charge in [0.2, 0.25) is 5.78 Å². The van der Waals surface area contributed by atoms with Gasteiger partial charge in [0, 0.05) is 43.6 Å². The molecule has 1 amide bonds. The van der Waals surface area contributed by atoms with Crippen LogP contribution in [0.15, 0.2) is 36.5 Å². The molecular formula is C19H22N4O5S. The summed E-state index contributed by atoms with van der Waals surface area (Å²) in [6, 6.07) is 8.66. The van der Waals surface area contributed by atoms with Crippen molar-refractivity contribution in [3.8, 4) is 0 Å². The van der Waals surface area contributed by atoms with Crippen LogP contribution in [0.3, 0.4) is 0 Å². The zero-order valence-corrected chi connectivity index (χ0v) is 17.1. The minimum atomic E-state index is -3.86. The molecule has 2 aromatic heterocycles. The number of anilines is 1. The fourth-order valence-electron chi connectivity index (χ4n) is 3.10. The highest BCUT2D eigenvalue weighted by Gasteiger charge is 2.24. The van der Waals surface area contributed by atoms with Crippen LogP contribution in [-0.4, -0.2) is 67.6 Å². The lowest BCUT2D eigenvalue weighted by atomic mass is 10.1. The second-order valence-electron chi connectivity index (χ2n) is 6.73. The van der Waals surface area contributed by atoms with E-state index in [0.29, 0.717) is 48.8 Å². The van der Waals surface area contributed by atoms with Crippen molar-refractivity contribution >= 4 is 27.8 Å². The normalized spacial score (nSPS) is 15.0. The lowest BCUT2D eigenvalue weighted by Crippen LogP contribution is -2.36. The quantitative estimate of drug-likeness (QED) is 0.544. The van der Waals surface area contributed by atoms with Crippen LogP contribution < -0.4 is 4.90 Å².